The molecule has 5 rings (SSSR count). The molecule has 0 radical (unpaired) electrons. The molecule has 1 aliphatic rings. The van der Waals surface area contributed by atoms with Gasteiger partial charge in [0, 0.05) is 21.9 Å². The number of hydrogen-bond donors (Lipinski definition) is 2. The van der Waals surface area contributed by atoms with E-state index in [1.807, 2.05) is 65.6 Å². The third-order valence-corrected chi connectivity index (χ3v) is 7.34. The Bertz CT molecular complexity index is 1540. The van der Waals surface area contributed by atoms with E-state index in [9.17, 15) is 8.42 Å². The minimum atomic E-state index is -3.54. The lowest BCUT2D eigenvalue weighted by Crippen LogP contribution is -2.29. The third-order valence-electron chi connectivity index (χ3n) is 5.90. The van der Waals surface area contributed by atoms with Gasteiger partial charge in [0.25, 0.3) is 0 Å². The molecule has 4 aromatic rings. The van der Waals surface area contributed by atoms with E-state index in [2.05, 4.69) is 31.0 Å². The van der Waals surface area contributed by atoms with Gasteiger partial charge in [0.2, 0.25) is 10.0 Å². The number of benzene rings is 2. The zero-order valence-corrected chi connectivity index (χ0v) is 23.1. The van der Waals surface area contributed by atoms with E-state index in [0.717, 1.165) is 22.0 Å². The molecule has 1 fully saturated rings. The molecule has 0 amide bonds. The van der Waals surface area contributed by atoms with E-state index in [-0.39, 0.29) is 6.04 Å². The molecular formula is C26H23BrN4O4S2. The SMILES string of the molecule is COc1ccc(N2C(=S)N[C@@H](c3ccccn3)[C@H]2c2ccc(-c3ccc(Br)cc3)o2)cc1NS(C)(=O)=O. The lowest BCUT2D eigenvalue weighted by atomic mass is 10.0. The molecule has 0 bridgehead atoms. The van der Waals surface area contributed by atoms with Crippen LogP contribution in [-0.2, 0) is 10.0 Å². The molecular weight excluding hydrogens is 576 g/mol. The Kier molecular flexibility index (Phi) is 6.93. The fraction of sp³-hybridized carbons (Fsp3) is 0.154. The second-order valence-electron chi connectivity index (χ2n) is 8.46. The first kappa shape index (κ1) is 25.2. The van der Waals surface area contributed by atoms with Gasteiger partial charge in [0.15, 0.2) is 5.11 Å². The maximum absolute atomic E-state index is 12.0. The molecule has 2 atom stereocenters. The number of nitrogens with one attached hydrogen (secondary N) is 2. The number of ether oxygens (including phenoxy) is 1. The van der Waals surface area contributed by atoms with Gasteiger partial charge < -0.3 is 19.4 Å². The van der Waals surface area contributed by atoms with Crippen LogP contribution in [0.2, 0.25) is 0 Å². The molecule has 11 heteroatoms. The molecule has 0 spiro atoms. The van der Waals surface area contributed by atoms with Crippen LogP contribution >= 0.6 is 28.1 Å². The summed E-state index contributed by atoms with van der Waals surface area (Å²) < 4.78 is 39.3. The highest BCUT2D eigenvalue weighted by Crippen LogP contribution is 2.44. The van der Waals surface area contributed by atoms with E-state index in [1.54, 1.807) is 18.3 Å². The van der Waals surface area contributed by atoms with Gasteiger partial charge in [-0.15, -0.1) is 0 Å². The van der Waals surface area contributed by atoms with Gasteiger partial charge in [0.05, 0.1) is 30.8 Å². The summed E-state index contributed by atoms with van der Waals surface area (Å²) in [6.45, 7) is 0. The average molecular weight is 600 g/mol. The fourth-order valence-electron chi connectivity index (χ4n) is 4.33. The van der Waals surface area contributed by atoms with Crippen molar-refractivity contribution in [3.63, 3.8) is 0 Å². The average Bonchev–Trinajstić information content (AvgIpc) is 3.48. The van der Waals surface area contributed by atoms with Crippen LogP contribution in [0, 0.1) is 0 Å². The number of nitrogens with zero attached hydrogens (tertiary/aromatic N) is 2. The zero-order valence-electron chi connectivity index (χ0n) is 19.9. The van der Waals surface area contributed by atoms with Crippen LogP contribution in [0.3, 0.4) is 0 Å². The van der Waals surface area contributed by atoms with Crippen molar-refractivity contribution < 1.29 is 17.6 Å². The predicted octanol–water partition coefficient (Wildman–Crippen LogP) is 5.66. The van der Waals surface area contributed by atoms with Crippen LogP contribution < -0.4 is 19.7 Å². The van der Waals surface area contributed by atoms with Gasteiger partial charge in [0.1, 0.15) is 23.3 Å². The van der Waals surface area contributed by atoms with Crippen molar-refractivity contribution in [2.24, 2.45) is 0 Å². The Morgan fingerprint density at radius 3 is 2.57 bits per heavy atom. The molecule has 0 saturated carbocycles. The van der Waals surface area contributed by atoms with E-state index in [4.69, 9.17) is 21.4 Å². The molecule has 1 saturated heterocycles. The lowest BCUT2D eigenvalue weighted by Gasteiger charge is -2.27. The summed E-state index contributed by atoms with van der Waals surface area (Å²) in [5.41, 5.74) is 2.70. The van der Waals surface area contributed by atoms with Gasteiger partial charge in [-0.25, -0.2) is 8.42 Å². The van der Waals surface area contributed by atoms with Crippen LogP contribution in [0.15, 0.2) is 87.9 Å². The Morgan fingerprint density at radius 2 is 1.89 bits per heavy atom. The summed E-state index contributed by atoms with van der Waals surface area (Å²) in [5, 5.41) is 3.84. The topological polar surface area (TPSA) is 96.7 Å². The highest BCUT2D eigenvalue weighted by Gasteiger charge is 2.42. The highest BCUT2D eigenvalue weighted by molar-refractivity contribution is 9.10. The van der Waals surface area contributed by atoms with Crippen LogP contribution in [0.5, 0.6) is 5.75 Å². The van der Waals surface area contributed by atoms with Gasteiger partial charge in [-0.05, 0) is 66.8 Å². The van der Waals surface area contributed by atoms with Gasteiger partial charge >= 0.3 is 0 Å². The molecule has 2 N–H and O–H groups in total. The fourth-order valence-corrected chi connectivity index (χ4v) is 5.50. The number of pyridine rings is 1. The van der Waals surface area contributed by atoms with E-state index < -0.39 is 16.1 Å². The van der Waals surface area contributed by atoms with Crippen molar-refractivity contribution in [3.8, 4) is 17.1 Å². The molecule has 0 aliphatic carbocycles. The Balaban J connectivity index is 1.61. The quantitative estimate of drug-likeness (QED) is 0.263. The smallest absolute Gasteiger partial charge is 0.229 e. The first-order chi connectivity index (χ1) is 17.7. The standard InChI is InChI=1S/C26H23BrN4O4S2/c1-34-22-11-10-18(15-20(22)30-37(2,32)33)31-25(24(29-26(31)36)19-5-3-4-14-28-19)23-13-12-21(35-23)16-6-8-17(27)9-7-16/h3-15,24-25,30H,1-2H3,(H,29,36)/t24-,25+/m0/s1. The summed E-state index contributed by atoms with van der Waals surface area (Å²) in [4.78, 5) is 6.47. The van der Waals surface area contributed by atoms with E-state index in [0.29, 0.717) is 33.8 Å². The van der Waals surface area contributed by atoms with Crippen LogP contribution in [0.25, 0.3) is 11.3 Å². The molecule has 8 nitrogen and oxygen atoms in total. The first-order valence-electron chi connectivity index (χ1n) is 11.3. The Morgan fingerprint density at radius 1 is 1.11 bits per heavy atom. The Labute approximate surface area is 228 Å². The first-order valence-corrected chi connectivity index (χ1v) is 14.3. The summed E-state index contributed by atoms with van der Waals surface area (Å²) >= 11 is 9.24. The Hall–Kier alpha value is -3.41. The number of methoxy groups -OCH3 is 1. The van der Waals surface area contributed by atoms with Crippen molar-refractivity contribution in [2.75, 3.05) is 23.0 Å². The maximum atomic E-state index is 12.0. The number of anilines is 2. The lowest BCUT2D eigenvalue weighted by molar-refractivity contribution is 0.416. The van der Waals surface area contributed by atoms with Crippen LogP contribution in [0.1, 0.15) is 23.5 Å². The van der Waals surface area contributed by atoms with Crippen LogP contribution in [-0.4, -0.2) is 31.9 Å². The van der Waals surface area contributed by atoms with Crippen molar-refractivity contribution in [1.29, 1.82) is 0 Å². The predicted molar refractivity (Wildman–Crippen MR) is 151 cm³/mol. The number of hydrogen-bond acceptors (Lipinski definition) is 6. The number of sulfonamides is 1. The molecule has 190 valence electrons. The molecule has 2 aromatic heterocycles. The van der Waals surface area contributed by atoms with Crippen molar-refractivity contribution in [3.05, 3.63) is 94.9 Å². The van der Waals surface area contributed by atoms with E-state index >= 15 is 0 Å². The zero-order chi connectivity index (χ0) is 26.2. The van der Waals surface area contributed by atoms with Crippen molar-refractivity contribution >= 4 is 54.7 Å². The summed E-state index contributed by atoms with van der Waals surface area (Å²) in [6, 6.07) is 21.9. The summed E-state index contributed by atoms with van der Waals surface area (Å²) in [7, 11) is -2.06. The maximum Gasteiger partial charge on any atom is 0.229 e. The molecule has 0 unspecified atom stereocenters. The largest absolute Gasteiger partial charge is 0.495 e. The molecule has 2 aromatic carbocycles. The van der Waals surface area contributed by atoms with Gasteiger partial charge in [-0.1, -0.05) is 34.1 Å². The van der Waals surface area contributed by atoms with E-state index in [1.165, 1.54) is 7.11 Å². The molecule has 3 heterocycles. The summed E-state index contributed by atoms with van der Waals surface area (Å²) in [5.74, 6) is 1.78. The third kappa shape index (κ3) is 5.34. The highest BCUT2D eigenvalue weighted by atomic mass is 79.9. The van der Waals surface area contributed by atoms with Crippen LogP contribution in [0.4, 0.5) is 11.4 Å². The minimum Gasteiger partial charge on any atom is -0.495 e. The number of halogens is 1. The second kappa shape index (κ2) is 10.2. The number of thiocarbonyl (C=S) groups is 1. The van der Waals surface area contributed by atoms with Gasteiger partial charge in [-0.2, -0.15) is 0 Å². The van der Waals surface area contributed by atoms with Crippen molar-refractivity contribution in [2.45, 2.75) is 12.1 Å². The minimum absolute atomic E-state index is 0.306. The molecule has 1 aliphatic heterocycles. The molecule has 37 heavy (non-hydrogen) atoms. The number of furan rings is 1. The normalized spacial score (nSPS) is 17.5. The number of aromatic nitrogens is 1. The van der Waals surface area contributed by atoms with Gasteiger partial charge in [-0.3, -0.25) is 9.71 Å². The monoisotopic (exact) mass is 598 g/mol. The second-order valence-corrected chi connectivity index (χ2v) is 11.5. The number of rotatable bonds is 7. The van der Waals surface area contributed by atoms with Crippen molar-refractivity contribution in [1.82, 2.24) is 10.3 Å². The summed E-state index contributed by atoms with van der Waals surface area (Å²) in [6.07, 6.45) is 2.82.